The molecule has 6 nitrogen and oxygen atoms in total. The third-order valence-corrected chi connectivity index (χ3v) is 3.83. The van der Waals surface area contributed by atoms with Crippen LogP contribution in [0.15, 0.2) is 65.7 Å². The van der Waals surface area contributed by atoms with Gasteiger partial charge in [-0.15, -0.1) is 0 Å². The second kappa shape index (κ2) is 5.82. The normalized spacial score (nSPS) is 10.9. The summed E-state index contributed by atoms with van der Waals surface area (Å²) in [6.07, 6.45) is 3.31. The lowest BCUT2D eigenvalue weighted by molar-refractivity contribution is 0.974. The van der Waals surface area contributed by atoms with Crippen LogP contribution in [0.4, 0.5) is 11.6 Å². The van der Waals surface area contributed by atoms with Crippen LogP contribution < -0.4 is 10.9 Å². The molecule has 0 bridgehead atoms. The number of aromatic amines is 1. The number of benzene rings is 2. The van der Waals surface area contributed by atoms with Gasteiger partial charge in [0.25, 0.3) is 5.56 Å². The van der Waals surface area contributed by atoms with Crippen molar-refractivity contribution in [1.82, 2.24) is 19.7 Å². The molecule has 0 fully saturated rings. The van der Waals surface area contributed by atoms with E-state index in [-0.39, 0.29) is 5.56 Å². The highest BCUT2D eigenvalue weighted by Gasteiger charge is 2.13. The van der Waals surface area contributed by atoms with E-state index in [9.17, 15) is 4.79 Å². The molecular weight excluding hydrogens is 326 g/mol. The quantitative estimate of drug-likeness (QED) is 0.600. The van der Waals surface area contributed by atoms with Crippen LogP contribution in [0.5, 0.6) is 0 Å². The average Bonchev–Trinajstić information content (AvgIpc) is 3.10. The van der Waals surface area contributed by atoms with Crippen molar-refractivity contribution in [1.29, 1.82) is 0 Å². The lowest BCUT2D eigenvalue weighted by atomic mass is 10.2. The Kier molecular flexibility index (Phi) is 3.51. The molecule has 4 aromatic rings. The fourth-order valence-corrected chi connectivity index (χ4v) is 2.68. The number of fused-ring (bicyclic) bond motifs is 1. The van der Waals surface area contributed by atoms with Gasteiger partial charge in [0.15, 0.2) is 0 Å². The fourth-order valence-electron chi connectivity index (χ4n) is 2.51. The monoisotopic (exact) mass is 337 g/mol. The summed E-state index contributed by atoms with van der Waals surface area (Å²) in [6.45, 7) is 0. The molecule has 0 spiro atoms. The van der Waals surface area contributed by atoms with Crippen molar-refractivity contribution in [2.75, 3.05) is 5.32 Å². The van der Waals surface area contributed by atoms with Crippen LogP contribution in [0.2, 0.25) is 5.02 Å². The summed E-state index contributed by atoms with van der Waals surface area (Å²) in [5, 5.41) is 10.7. The van der Waals surface area contributed by atoms with E-state index in [1.54, 1.807) is 30.6 Å². The number of aromatic nitrogens is 4. The molecule has 2 aromatic carbocycles. The summed E-state index contributed by atoms with van der Waals surface area (Å²) in [7, 11) is 0. The summed E-state index contributed by atoms with van der Waals surface area (Å²) < 4.78 is 1.52. The van der Waals surface area contributed by atoms with Crippen molar-refractivity contribution >= 4 is 34.1 Å². The molecule has 24 heavy (non-hydrogen) atoms. The van der Waals surface area contributed by atoms with E-state index in [0.29, 0.717) is 33.2 Å². The first kappa shape index (κ1) is 14.5. The summed E-state index contributed by atoms with van der Waals surface area (Å²) in [4.78, 5) is 17.6. The number of hydrogen-bond donors (Lipinski definition) is 2. The SMILES string of the molecule is O=c1c2cc(Cl)ccc2nc(Nc2cn[nH]c2)n1-c1ccccc1. The minimum atomic E-state index is -0.195. The molecule has 0 amide bonds. The zero-order chi connectivity index (χ0) is 16.5. The Hall–Kier alpha value is -3.12. The predicted octanol–water partition coefficient (Wildman–Crippen LogP) is 3.51. The van der Waals surface area contributed by atoms with E-state index in [0.717, 1.165) is 0 Å². The first-order chi connectivity index (χ1) is 11.7. The number of hydrogen-bond acceptors (Lipinski definition) is 4. The number of rotatable bonds is 3. The van der Waals surface area contributed by atoms with Crippen LogP contribution in [-0.2, 0) is 0 Å². The summed E-state index contributed by atoms with van der Waals surface area (Å²) >= 11 is 6.04. The van der Waals surface area contributed by atoms with Gasteiger partial charge >= 0.3 is 0 Å². The van der Waals surface area contributed by atoms with Crippen molar-refractivity contribution in [3.05, 3.63) is 76.3 Å². The van der Waals surface area contributed by atoms with Gasteiger partial charge in [-0.05, 0) is 30.3 Å². The number of anilines is 2. The van der Waals surface area contributed by atoms with Gasteiger partial charge in [-0.25, -0.2) is 9.55 Å². The molecule has 0 radical (unpaired) electrons. The van der Waals surface area contributed by atoms with Crippen molar-refractivity contribution in [3.8, 4) is 5.69 Å². The Morgan fingerprint density at radius 1 is 1.12 bits per heavy atom. The van der Waals surface area contributed by atoms with E-state index >= 15 is 0 Å². The minimum Gasteiger partial charge on any atom is -0.323 e. The van der Waals surface area contributed by atoms with Crippen LogP contribution in [0.3, 0.4) is 0 Å². The lowest BCUT2D eigenvalue weighted by Gasteiger charge is -2.14. The van der Waals surface area contributed by atoms with Crippen LogP contribution in [0, 0.1) is 0 Å². The van der Waals surface area contributed by atoms with Gasteiger partial charge < -0.3 is 5.32 Å². The zero-order valence-corrected chi connectivity index (χ0v) is 13.2. The van der Waals surface area contributed by atoms with Crippen molar-refractivity contribution in [3.63, 3.8) is 0 Å². The Bertz CT molecular complexity index is 1060. The highest BCUT2D eigenvalue weighted by Crippen LogP contribution is 2.21. The van der Waals surface area contributed by atoms with Crippen LogP contribution >= 0.6 is 11.6 Å². The van der Waals surface area contributed by atoms with Gasteiger partial charge in [0.2, 0.25) is 5.95 Å². The first-order valence-corrected chi connectivity index (χ1v) is 7.64. The second-order valence-electron chi connectivity index (χ2n) is 5.18. The van der Waals surface area contributed by atoms with Crippen LogP contribution in [0.25, 0.3) is 16.6 Å². The maximum Gasteiger partial charge on any atom is 0.267 e. The number of para-hydroxylation sites is 1. The largest absolute Gasteiger partial charge is 0.323 e. The standard InChI is InChI=1S/C17H12ClN5O/c18-11-6-7-15-14(8-11)16(24)23(13-4-2-1-3-5-13)17(22-15)21-12-9-19-20-10-12/h1-10H,(H,19,20)(H,21,22). The Morgan fingerprint density at radius 3 is 2.71 bits per heavy atom. The molecule has 0 aliphatic rings. The molecule has 0 saturated carbocycles. The van der Waals surface area contributed by atoms with Crippen molar-refractivity contribution in [2.45, 2.75) is 0 Å². The first-order valence-electron chi connectivity index (χ1n) is 7.26. The Morgan fingerprint density at radius 2 is 1.96 bits per heavy atom. The molecule has 2 N–H and O–H groups in total. The molecule has 4 rings (SSSR count). The van der Waals surface area contributed by atoms with Gasteiger partial charge in [0.1, 0.15) is 0 Å². The van der Waals surface area contributed by atoms with Crippen LogP contribution in [0.1, 0.15) is 0 Å². The molecular formula is C17H12ClN5O. The summed E-state index contributed by atoms with van der Waals surface area (Å²) in [5.41, 5.74) is 1.80. The maximum atomic E-state index is 13.0. The van der Waals surface area contributed by atoms with E-state index < -0.39 is 0 Å². The maximum absolute atomic E-state index is 13.0. The number of nitrogens with one attached hydrogen (secondary N) is 2. The number of nitrogens with zero attached hydrogens (tertiary/aromatic N) is 3. The molecule has 2 aromatic heterocycles. The van der Waals surface area contributed by atoms with E-state index in [1.807, 2.05) is 30.3 Å². The van der Waals surface area contributed by atoms with Crippen molar-refractivity contribution in [2.24, 2.45) is 0 Å². The molecule has 0 aliphatic heterocycles. The second-order valence-corrected chi connectivity index (χ2v) is 5.62. The minimum absolute atomic E-state index is 0.195. The van der Waals surface area contributed by atoms with E-state index in [1.165, 1.54) is 4.57 Å². The highest BCUT2D eigenvalue weighted by molar-refractivity contribution is 6.31. The molecule has 0 aliphatic carbocycles. The van der Waals surface area contributed by atoms with Gasteiger partial charge in [0.05, 0.1) is 28.5 Å². The van der Waals surface area contributed by atoms with Gasteiger partial charge in [0, 0.05) is 11.2 Å². The van der Waals surface area contributed by atoms with Crippen molar-refractivity contribution < 1.29 is 0 Å². The molecule has 0 atom stereocenters. The predicted molar refractivity (Wildman–Crippen MR) is 94.2 cm³/mol. The molecule has 0 unspecified atom stereocenters. The number of H-pyrrole nitrogens is 1. The molecule has 7 heteroatoms. The molecule has 118 valence electrons. The highest BCUT2D eigenvalue weighted by atomic mass is 35.5. The van der Waals surface area contributed by atoms with E-state index in [4.69, 9.17) is 11.6 Å². The number of halogens is 1. The third-order valence-electron chi connectivity index (χ3n) is 3.60. The average molecular weight is 338 g/mol. The fraction of sp³-hybridized carbons (Fsp3) is 0. The molecule has 0 saturated heterocycles. The Labute approximate surface area is 141 Å². The van der Waals surface area contributed by atoms with Gasteiger partial charge in [-0.3, -0.25) is 9.89 Å². The molecule has 2 heterocycles. The van der Waals surface area contributed by atoms with Gasteiger partial charge in [-0.2, -0.15) is 5.10 Å². The zero-order valence-electron chi connectivity index (χ0n) is 12.4. The van der Waals surface area contributed by atoms with Crippen LogP contribution in [-0.4, -0.2) is 19.7 Å². The lowest BCUT2D eigenvalue weighted by Crippen LogP contribution is -2.22. The van der Waals surface area contributed by atoms with E-state index in [2.05, 4.69) is 20.5 Å². The Balaban J connectivity index is 2.01. The topological polar surface area (TPSA) is 75.6 Å². The third kappa shape index (κ3) is 2.53. The summed E-state index contributed by atoms with van der Waals surface area (Å²) in [5.74, 6) is 0.405. The smallest absolute Gasteiger partial charge is 0.267 e. The van der Waals surface area contributed by atoms with Gasteiger partial charge in [-0.1, -0.05) is 29.8 Å². The summed E-state index contributed by atoms with van der Waals surface area (Å²) in [6, 6.07) is 14.4.